The maximum absolute atomic E-state index is 9.63. The minimum Gasteiger partial charge on any atom is -0.508 e. The van der Waals surface area contributed by atoms with Gasteiger partial charge in [-0.05, 0) is 36.9 Å². The number of halogens is 1. The molecule has 0 aliphatic carbocycles. The van der Waals surface area contributed by atoms with Crippen LogP contribution < -0.4 is 10.1 Å². The molecule has 104 valence electrons. The number of rotatable bonds is 2. The van der Waals surface area contributed by atoms with Crippen LogP contribution >= 0.6 is 15.9 Å². The Hall–Kier alpha value is -1.52. The summed E-state index contributed by atoms with van der Waals surface area (Å²) < 4.78 is 7.11. The van der Waals surface area contributed by atoms with Crippen molar-refractivity contribution in [1.29, 1.82) is 0 Å². The molecular weight excluding hydrogens is 318 g/mol. The molecule has 2 aromatic rings. The van der Waals surface area contributed by atoms with E-state index in [9.17, 15) is 5.11 Å². The first-order valence-corrected chi connectivity index (χ1v) is 7.39. The number of phenolic OH excluding ortho intramolecular Hbond substituents is 1. The van der Waals surface area contributed by atoms with Crippen LogP contribution in [0.3, 0.4) is 0 Å². The second-order valence-corrected chi connectivity index (χ2v) is 5.88. The second-order valence-electron chi connectivity index (χ2n) is 4.96. The van der Waals surface area contributed by atoms with Crippen molar-refractivity contribution in [3.63, 3.8) is 0 Å². The van der Waals surface area contributed by atoms with Crippen LogP contribution in [0.2, 0.25) is 0 Å². The van der Waals surface area contributed by atoms with Crippen LogP contribution in [-0.2, 0) is 0 Å². The lowest BCUT2D eigenvalue weighted by Crippen LogP contribution is -2.26. The summed E-state index contributed by atoms with van der Waals surface area (Å²) in [7, 11) is 1.96. The first kappa shape index (κ1) is 13.5. The van der Waals surface area contributed by atoms with Gasteiger partial charge in [0.25, 0.3) is 0 Å². The monoisotopic (exact) mass is 333 g/mol. The van der Waals surface area contributed by atoms with Crippen molar-refractivity contribution in [2.24, 2.45) is 0 Å². The van der Waals surface area contributed by atoms with Crippen molar-refractivity contribution in [1.82, 2.24) is 5.32 Å². The van der Waals surface area contributed by atoms with Crippen LogP contribution in [0.5, 0.6) is 11.5 Å². The van der Waals surface area contributed by atoms with Gasteiger partial charge in [-0.1, -0.05) is 34.1 Å². The number of ether oxygens (including phenoxy) is 1. The number of benzene rings is 2. The molecule has 0 saturated carbocycles. The molecule has 2 atom stereocenters. The van der Waals surface area contributed by atoms with Gasteiger partial charge in [-0.25, -0.2) is 0 Å². The predicted octanol–water partition coefficient (Wildman–Crippen LogP) is 3.94. The van der Waals surface area contributed by atoms with Crippen molar-refractivity contribution in [3.05, 3.63) is 58.1 Å². The summed E-state index contributed by atoms with van der Waals surface area (Å²) in [5, 5.41) is 13.0. The van der Waals surface area contributed by atoms with Gasteiger partial charge in [0, 0.05) is 22.5 Å². The van der Waals surface area contributed by atoms with E-state index in [1.165, 1.54) is 5.56 Å². The predicted molar refractivity (Wildman–Crippen MR) is 82.0 cm³/mol. The van der Waals surface area contributed by atoms with Crippen LogP contribution in [0.4, 0.5) is 0 Å². The molecule has 0 fully saturated rings. The van der Waals surface area contributed by atoms with Crippen molar-refractivity contribution in [2.45, 2.75) is 18.6 Å². The van der Waals surface area contributed by atoms with Crippen molar-refractivity contribution < 1.29 is 9.84 Å². The van der Waals surface area contributed by atoms with Gasteiger partial charge >= 0.3 is 0 Å². The van der Waals surface area contributed by atoms with Crippen LogP contribution in [0.25, 0.3) is 0 Å². The highest BCUT2D eigenvalue weighted by Crippen LogP contribution is 2.42. The highest BCUT2D eigenvalue weighted by molar-refractivity contribution is 9.10. The highest BCUT2D eigenvalue weighted by Gasteiger charge is 2.28. The number of aromatic hydroxyl groups is 1. The maximum Gasteiger partial charge on any atom is 0.126 e. The number of phenols is 1. The average molecular weight is 334 g/mol. The zero-order valence-corrected chi connectivity index (χ0v) is 12.7. The summed E-state index contributed by atoms with van der Waals surface area (Å²) in [6.45, 7) is 0. The van der Waals surface area contributed by atoms with Crippen LogP contribution in [0.15, 0.2) is 46.9 Å². The average Bonchev–Trinajstić information content (AvgIpc) is 2.45. The molecule has 2 unspecified atom stereocenters. The Kier molecular flexibility index (Phi) is 3.68. The van der Waals surface area contributed by atoms with E-state index in [1.54, 1.807) is 12.1 Å². The number of hydrogen-bond donors (Lipinski definition) is 2. The molecule has 0 spiro atoms. The molecule has 1 aliphatic rings. The summed E-state index contributed by atoms with van der Waals surface area (Å²) >= 11 is 3.48. The summed E-state index contributed by atoms with van der Waals surface area (Å²) in [6.07, 6.45) is 0.788. The zero-order valence-electron chi connectivity index (χ0n) is 11.1. The fraction of sp³-hybridized carbons (Fsp3) is 0.250. The lowest BCUT2D eigenvalue weighted by atomic mass is 9.93. The zero-order chi connectivity index (χ0) is 14.1. The van der Waals surface area contributed by atoms with Gasteiger partial charge in [0.05, 0.1) is 0 Å². The summed E-state index contributed by atoms with van der Waals surface area (Å²) in [4.78, 5) is 0. The van der Waals surface area contributed by atoms with Crippen LogP contribution in [-0.4, -0.2) is 12.2 Å². The molecule has 3 rings (SSSR count). The van der Waals surface area contributed by atoms with Gasteiger partial charge < -0.3 is 15.2 Å². The first-order valence-electron chi connectivity index (χ1n) is 6.59. The molecule has 4 heteroatoms. The van der Waals surface area contributed by atoms with Crippen molar-refractivity contribution >= 4 is 15.9 Å². The molecule has 2 aromatic carbocycles. The Labute approximate surface area is 126 Å². The second kappa shape index (κ2) is 5.46. The normalized spacial score (nSPS) is 21.1. The van der Waals surface area contributed by atoms with E-state index in [2.05, 4.69) is 27.3 Å². The van der Waals surface area contributed by atoms with Crippen LogP contribution in [0, 0.1) is 0 Å². The third-order valence-corrected chi connectivity index (χ3v) is 4.15. The third kappa shape index (κ3) is 2.53. The lowest BCUT2D eigenvalue weighted by Gasteiger charge is -2.32. The molecule has 0 radical (unpaired) electrons. The topological polar surface area (TPSA) is 41.5 Å². The highest BCUT2D eigenvalue weighted by atomic mass is 79.9. The van der Waals surface area contributed by atoms with E-state index in [0.29, 0.717) is 0 Å². The molecule has 0 amide bonds. The van der Waals surface area contributed by atoms with Gasteiger partial charge in [-0.3, -0.25) is 0 Å². The molecule has 1 aliphatic heterocycles. The van der Waals surface area contributed by atoms with Gasteiger partial charge in [-0.2, -0.15) is 0 Å². The Morgan fingerprint density at radius 3 is 2.85 bits per heavy atom. The lowest BCUT2D eigenvalue weighted by molar-refractivity contribution is 0.153. The molecule has 0 saturated heterocycles. The number of nitrogens with one attached hydrogen (secondary N) is 1. The summed E-state index contributed by atoms with van der Waals surface area (Å²) in [5.41, 5.74) is 2.17. The molecule has 3 nitrogen and oxygen atoms in total. The first-order chi connectivity index (χ1) is 9.67. The standard InChI is InChI=1S/C16H16BrNO2/c1-18-14-9-15(10-3-2-4-12(19)7-10)20-16-8-11(17)5-6-13(14)16/h2-8,14-15,18-19H,9H2,1H3. The van der Waals surface area contributed by atoms with Gasteiger partial charge in [-0.15, -0.1) is 0 Å². The van der Waals surface area contributed by atoms with Crippen molar-refractivity contribution in [3.8, 4) is 11.5 Å². The quantitative estimate of drug-likeness (QED) is 0.874. The molecule has 20 heavy (non-hydrogen) atoms. The van der Waals surface area contributed by atoms with E-state index in [4.69, 9.17) is 4.74 Å². The van der Waals surface area contributed by atoms with E-state index < -0.39 is 0 Å². The minimum atomic E-state index is -0.0543. The maximum atomic E-state index is 9.63. The van der Waals surface area contributed by atoms with Gasteiger partial charge in [0.1, 0.15) is 17.6 Å². The SMILES string of the molecule is CNC1CC(c2cccc(O)c2)Oc2cc(Br)ccc21. The molecule has 0 aromatic heterocycles. The van der Waals surface area contributed by atoms with E-state index in [-0.39, 0.29) is 17.9 Å². The molecule has 0 bridgehead atoms. The van der Waals surface area contributed by atoms with E-state index in [0.717, 1.165) is 22.2 Å². The minimum absolute atomic E-state index is 0.0543. The Balaban J connectivity index is 1.97. The molecule has 1 heterocycles. The Bertz CT molecular complexity index is 630. The van der Waals surface area contributed by atoms with Gasteiger partial charge in [0.15, 0.2) is 0 Å². The Morgan fingerprint density at radius 2 is 2.10 bits per heavy atom. The summed E-state index contributed by atoms with van der Waals surface area (Å²) in [5.74, 6) is 1.16. The van der Waals surface area contributed by atoms with Crippen LogP contribution in [0.1, 0.15) is 29.7 Å². The number of hydrogen-bond acceptors (Lipinski definition) is 3. The fourth-order valence-corrected chi connectivity index (χ4v) is 2.98. The molecular formula is C16H16BrNO2. The largest absolute Gasteiger partial charge is 0.508 e. The summed E-state index contributed by atoms with van der Waals surface area (Å²) in [6, 6.07) is 13.6. The van der Waals surface area contributed by atoms with Gasteiger partial charge in [0.2, 0.25) is 0 Å². The van der Waals surface area contributed by atoms with E-state index >= 15 is 0 Å². The van der Waals surface area contributed by atoms with E-state index in [1.807, 2.05) is 31.3 Å². The molecule has 2 N–H and O–H groups in total. The van der Waals surface area contributed by atoms with Crippen molar-refractivity contribution in [2.75, 3.05) is 7.05 Å². The number of fused-ring (bicyclic) bond motifs is 1. The Morgan fingerprint density at radius 1 is 1.25 bits per heavy atom. The smallest absolute Gasteiger partial charge is 0.126 e. The third-order valence-electron chi connectivity index (χ3n) is 3.66. The fourth-order valence-electron chi connectivity index (χ4n) is 2.64.